The minimum atomic E-state index is 0.844. The highest BCUT2D eigenvalue weighted by Gasteiger charge is 2.19. The molecular weight excluding hydrogens is 324 g/mol. The lowest BCUT2D eigenvalue weighted by Crippen LogP contribution is -2.27. The van der Waals surface area contributed by atoms with Gasteiger partial charge in [-0.25, -0.2) is 4.98 Å². The van der Waals surface area contributed by atoms with Crippen LogP contribution in [0.3, 0.4) is 0 Å². The fourth-order valence-corrected chi connectivity index (χ4v) is 3.40. The molecule has 0 aliphatic rings. The number of rotatable bonds is 8. The summed E-state index contributed by atoms with van der Waals surface area (Å²) >= 11 is 0. The Balaban J connectivity index is 2.15. The quantitative estimate of drug-likeness (QED) is 0.594. The minimum Gasteiger partial charge on any atom is -0.497 e. The Bertz CT molecular complexity index is 848. The summed E-state index contributed by atoms with van der Waals surface area (Å²) in [5, 5.41) is 0. The monoisotopic (exact) mass is 352 g/mol. The fourth-order valence-electron chi connectivity index (χ4n) is 3.40. The van der Waals surface area contributed by atoms with Crippen LogP contribution in [-0.2, 0) is 6.42 Å². The molecule has 0 saturated heterocycles. The Morgan fingerprint density at radius 2 is 1.73 bits per heavy atom. The maximum Gasteiger partial charge on any atom is 0.165 e. The van der Waals surface area contributed by atoms with Gasteiger partial charge in [-0.2, -0.15) is 0 Å². The van der Waals surface area contributed by atoms with E-state index in [1.165, 1.54) is 5.82 Å². The molecule has 5 nitrogen and oxygen atoms in total. The number of fused-ring (bicyclic) bond motifs is 1. The van der Waals surface area contributed by atoms with Crippen molar-refractivity contribution in [1.82, 2.24) is 14.4 Å². The second-order valence-electron chi connectivity index (χ2n) is 6.42. The van der Waals surface area contributed by atoms with Crippen LogP contribution in [0.2, 0.25) is 0 Å². The molecule has 0 N–H and O–H groups in total. The van der Waals surface area contributed by atoms with Gasteiger partial charge in [-0.15, -0.1) is 0 Å². The second kappa shape index (κ2) is 8.21. The molecule has 0 unspecified atom stereocenters. The highest BCUT2D eigenvalue weighted by atomic mass is 16.5. The van der Waals surface area contributed by atoms with E-state index in [0.717, 1.165) is 60.7 Å². The van der Waals surface area contributed by atoms with Crippen LogP contribution in [0.4, 0.5) is 5.82 Å². The number of nitrogens with zero attached hydrogens (tertiary/aromatic N) is 4. The smallest absolute Gasteiger partial charge is 0.165 e. The Kier molecular flexibility index (Phi) is 5.76. The Hall–Kier alpha value is -2.56. The Morgan fingerprint density at radius 1 is 1.04 bits per heavy atom. The van der Waals surface area contributed by atoms with Crippen molar-refractivity contribution < 1.29 is 4.74 Å². The SMILES string of the molecule is CCCN(CCC)c1c(CC)nc2c(-c3ccc(OC)cc3)nccn12. The summed E-state index contributed by atoms with van der Waals surface area (Å²) in [7, 11) is 1.68. The normalized spacial score (nSPS) is 11.1. The zero-order chi connectivity index (χ0) is 18.5. The molecule has 0 atom stereocenters. The van der Waals surface area contributed by atoms with Crippen LogP contribution in [-0.4, -0.2) is 34.6 Å². The number of methoxy groups -OCH3 is 1. The lowest BCUT2D eigenvalue weighted by Gasteiger charge is -2.24. The highest BCUT2D eigenvalue weighted by Crippen LogP contribution is 2.30. The third-order valence-corrected chi connectivity index (χ3v) is 4.57. The lowest BCUT2D eigenvalue weighted by molar-refractivity contribution is 0.415. The molecule has 0 spiro atoms. The Morgan fingerprint density at radius 3 is 2.31 bits per heavy atom. The third-order valence-electron chi connectivity index (χ3n) is 4.57. The van der Waals surface area contributed by atoms with E-state index in [1.54, 1.807) is 7.11 Å². The van der Waals surface area contributed by atoms with E-state index in [1.807, 2.05) is 36.7 Å². The number of aryl methyl sites for hydroxylation is 1. The number of aromatic nitrogens is 3. The van der Waals surface area contributed by atoms with Gasteiger partial charge in [-0.3, -0.25) is 9.38 Å². The highest BCUT2D eigenvalue weighted by molar-refractivity contribution is 5.76. The molecule has 0 radical (unpaired) electrons. The maximum atomic E-state index is 5.27. The van der Waals surface area contributed by atoms with E-state index < -0.39 is 0 Å². The van der Waals surface area contributed by atoms with E-state index >= 15 is 0 Å². The standard InChI is InChI=1S/C21H28N4O/c1-5-13-24(14-6-2)21-18(7-3)23-20-19(22-12-15-25(20)21)16-8-10-17(26-4)11-9-16/h8-12,15H,5-7,13-14H2,1-4H3. The predicted molar refractivity (Wildman–Crippen MR) is 107 cm³/mol. The molecule has 0 aliphatic carbocycles. The van der Waals surface area contributed by atoms with Crippen molar-refractivity contribution in [3.05, 3.63) is 42.4 Å². The first-order valence-electron chi connectivity index (χ1n) is 9.48. The van der Waals surface area contributed by atoms with Gasteiger partial charge < -0.3 is 9.64 Å². The fraction of sp³-hybridized carbons (Fsp3) is 0.429. The zero-order valence-corrected chi connectivity index (χ0v) is 16.2. The van der Waals surface area contributed by atoms with Crippen molar-refractivity contribution >= 4 is 11.5 Å². The summed E-state index contributed by atoms with van der Waals surface area (Å²) in [5.41, 5.74) is 4.01. The van der Waals surface area contributed by atoms with Gasteiger partial charge >= 0.3 is 0 Å². The summed E-state index contributed by atoms with van der Waals surface area (Å²) in [4.78, 5) is 12.0. The van der Waals surface area contributed by atoms with E-state index in [2.05, 4.69) is 35.1 Å². The molecule has 0 saturated carbocycles. The van der Waals surface area contributed by atoms with Crippen LogP contribution in [0.1, 0.15) is 39.3 Å². The lowest BCUT2D eigenvalue weighted by atomic mass is 10.1. The van der Waals surface area contributed by atoms with Gasteiger partial charge in [0, 0.05) is 31.0 Å². The van der Waals surface area contributed by atoms with Gasteiger partial charge in [0.25, 0.3) is 0 Å². The number of hydrogen-bond donors (Lipinski definition) is 0. The van der Waals surface area contributed by atoms with E-state index in [4.69, 9.17) is 9.72 Å². The van der Waals surface area contributed by atoms with Crippen molar-refractivity contribution in [1.29, 1.82) is 0 Å². The van der Waals surface area contributed by atoms with Crippen LogP contribution in [0.25, 0.3) is 16.9 Å². The van der Waals surface area contributed by atoms with Crippen molar-refractivity contribution in [2.45, 2.75) is 40.0 Å². The summed E-state index contributed by atoms with van der Waals surface area (Å²) in [6, 6.07) is 8.01. The largest absolute Gasteiger partial charge is 0.497 e. The summed E-state index contributed by atoms with van der Waals surface area (Å²) < 4.78 is 7.48. The van der Waals surface area contributed by atoms with Gasteiger partial charge in [-0.1, -0.05) is 20.8 Å². The Labute approximate surface area is 155 Å². The average molecular weight is 352 g/mol. The first-order valence-corrected chi connectivity index (χ1v) is 9.48. The molecular formula is C21H28N4O. The molecule has 2 heterocycles. The van der Waals surface area contributed by atoms with E-state index in [-0.39, 0.29) is 0 Å². The van der Waals surface area contributed by atoms with Crippen molar-refractivity contribution in [2.24, 2.45) is 0 Å². The van der Waals surface area contributed by atoms with Crippen LogP contribution in [0.5, 0.6) is 5.75 Å². The number of ether oxygens (including phenoxy) is 1. The molecule has 3 rings (SSSR count). The summed E-state index contributed by atoms with van der Waals surface area (Å²) in [5.74, 6) is 2.06. The number of benzene rings is 1. The number of hydrogen-bond acceptors (Lipinski definition) is 4. The van der Waals surface area contributed by atoms with Gasteiger partial charge in [0.2, 0.25) is 0 Å². The van der Waals surface area contributed by atoms with Gasteiger partial charge in [0.15, 0.2) is 5.65 Å². The molecule has 5 heteroatoms. The first kappa shape index (κ1) is 18.2. The van der Waals surface area contributed by atoms with Crippen molar-refractivity contribution in [3.63, 3.8) is 0 Å². The zero-order valence-electron chi connectivity index (χ0n) is 16.2. The van der Waals surface area contributed by atoms with Gasteiger partial charge in [0.05, 0.1) is 12.8 Å². The first-order chi connectivity index (χ1) is 12.7. The van der Waals surface area contributed by atoms with E-state index in [9.17, 15) is 0 Å². The molecule has 0 bridgehead atoms. The molecule has 138 valence electrons. The average Bonchev–Trinajstić information content (AvgIpc) is 3.06. The molecule has 26 heavy (non-hydrogen) atoms. The summed E-state index contributed by atoms with van der Waals surface area (Å²) in [6.45, 7) is 8.69. The van der Waals surface area contributed by atoms with Crippen LogP contribution >= 0.6 is 0 Å². The van der Waals surface area contributed by atoms with Crippen LogP contribution in [0, 0.1) is 0 Å². The molecule has 0 amide bonds. The van der Waals surface area contributed by atoms with Gasteiger partial charge in [0.1, 0.15) is 17.3 Å². The minimum absolute atomic E-state index is 0.844. The predicted octanol–water partition coefficient (Wildman–Crippen LogP) is 4.59. The van der Waals surface area contributed by atoms with Crippen molar-refractivity contribution in [2.75, 3.05) is 25.1 Å². The third kappa shape index (κ3) is 3.39. The number of imidazole rings is 1. The van der Waals surface area contributed by atoms with Gasteiger partial charge in [-0.05, 0) is 43.5 Å². The van der Waals surface area contributed by atoms with Crippen molar-refractivity contribution in [3.8, 4) is 17.0 Å². The molecule has 3 aromatic rings. The molecule has 2 aromatic heterocycles. The molecule has 1 aromatic carbocycles. The molecule has 0 aliphatic heterocycles. The second-order valence-corrected chi connectivity index (χ2v) is 6.42. The maximum absolute atomic E-state index is 5.27. The van der Waals surface area contributed by atoms with E-state index in [0.29, 0.717) is 0 Å². The van der Waals surface area contributed by atoms with Crippen LogP contribution < -0.4 is 9.64 Å². The summed E-state index contributed by atoms with van der Waals surface area (Å²) in [6.07, 6.45) is 7.04. The topological polar surface area (TPSA) is 42.7 Å². The molecule has 0 fully saturated rings. The van der Waals surface area contributed by atoms with Crippen LogP contribution in [0.15, 0.2) is 36.7 Å². The number of anilines is 1.